The maximum absolute atomic E-state index is 8.72. The number of aliphatic hydroxyl groups excluding tert-OH is 3. The van der Waals surface area contributed by atoms with Crippen LogP contribution in [0.25, 0.3) is 0 Å². The average Bonchev–Trinajstić information content (AvgIpc) is 3.04. The number of hydrogen-bond acceptors (Lipinski definition) is 13. The molecule has 0 fully saturated rings. The van der Waals surface area contributed by atoms with Gasteiger partial charge in [0.2, 0.25) is 0 Å². The fourth-order valence-electron chi connectivity index (χ4n) is 5.35. The van der Waals surface area contributed by atoms with E-state index in [0.29, 0.717) is 85.3 Å². The largest absolute Gasteiger partial charge is 0.440 e. The summed E-state index contributed by atoms with van der Waals surface area (Å²) in [5.74, 6) is 0. The monoisotopic (exact) mass is 896 g/mol. The van der Waals surface area contributed by atoms with Crippen molar-refractivity contribution in [3.63, 3.8) is 0 Å². The fraction of sp³-hybridized carbons (Fsp3) is 0.944. The van der Waals surface area contributed by atoms with Gasteiger partial charge in [-0.05, 0) is 123 Å². The molecule has 0 saturated heterocycles. The molecule has 19 heteroatoms. The molecule has 0 aromatic carbocycles. The lowest BCUT2D eigenvalue weighted by Crippen LogP contribution is -2.52. The second-order valence-electron chi connectivity index (χ2n) is 15.7. The van der Waals surface area contributed by atoms with Gasteiger partial charge < -0.3 is 60.2 Å². The predicted octanol–water partition coefficient (Wildman–Crippen LogP) is 6.02. The zero-order valence-corrected chi connectivity index (χ0v) is 43.7. The molecule has 0 aliphatic rings. The van der Waals surface area contributed by atoms with Crippen molar-refractivity contribution >= 4 is 51.8 Å². The molecule has 0 amide bonds. The van der Waals surface area contributed by atoms with Gasteiger partial charge in [-0.1, -0.05) is 6.08 Å². The standard InChI is InChI=1S/C22H52O8Si3.C8H16O3.C6H20O2Si3/c1-31(2,21-9-15-27-19-17-25-13-7-11-23)29-33(5,6)30-32(3,4)22-10-16-28-20-18-26-14-8-12-24;1-2-5-10-7-8-11-6-3-4-9;1-9(2)7-11(5,6)8-10(3)4/h23-24H,7-22H2,1-6H3;2,9H,1,3-8H2;9-10H,1-6H3. The van der Waals surface area contributed by atoms with E-state index in [1.807, 2.05) is 0 Å². The summed E-state index contributed by atoms with van der Waals surface area (Å²) in [4.78, 5) is 0. The van der Waals surface area contributed by atoms with Crippen molar-refractivity contribution in [2.45, 2.75) is 123 Å². The Morgan fingerprint density at radius 3 is 1.00 bits per heavy atom. The molecule has 0 aromatic heterocycles. The van der Waals surface area contributed by atoms with Crippen LogP contribution in [-0.2, 0) is 44.9 Å². The molecule has 0 unspecified atom stereocenters. The molecule has 0 heterocycles. The lowest BCUT2D eigenvalue weighted by atomic mass is 10.5. The Hall–Kier alpha value is 0.521. The molecule has 3 N–H and O–H groups in total. The van der Waals surface area contributed by atoms with Gasteiger partial charge in [0.15, 0.2) is 34.7 Å². The second kappa shape index (κ2) is 38.7. The Kier molecular flexibility index (Phi) is 42.1. The minimum absolute atomic E-state index is 0.168. The first-order chi connectivity index (χ1) is 25.8. The molecular weight excluding hydrogens is 809 g/mol. The highest BCUT2D eigenvalue weighted by atomic mass is 28.5. The fourth-order valence-corrected chi connectivity index (χ4v) is 29.1. The van der Waals surface area contributed by atoms with Crippen LogP contribution in [0.2, 0.25) is 90.7 Å². The van der Waals surface area contributed by atoms with Crippen LogP contribution in [0, 0.1) is 0 Å². The average molecular weight is 898 g/mol. The van der Waals surface area contributed by atoms with Crippen LogP contribution in [0.5, 0.6) is 0 Å². The molecule has 0 saturated carbocycles. The van der Waals surface area contributed by atoms with Gasteiger partial charge in [0.05, 0.1) is 46.2 Å². The summed E-state index contributed by atoms with van der Waals surface area (Å²) in [6, 6.07) is 2.10. The molecule has 334 valence electrons. The molecule has 0 aromatic rings. The molecule has 0 radical (unpaired) electrons. The summed E-state index contributed by atoms with van der Waals surface area (Å²) in [7, 11) is -9.34. The molecule has 0 atom stereocenters. The zero-order valence-electron chi connectivity index (χ0n) is 37.4. The van der Waals surface area contributed by atoms with E-state index in [1.165, 1.54) is 0 Å². The number of hydrogen-bond donors (Lipinski definition) is 3. The second-order valence-corrected chi connectivity index (χ2v) is 37.1. The Morgan fingerprint density at radius 1 is 0.436 bits per heavy atom. The van der Waals surface area contributed by atoms with E-state index >= 15 is 0 Å². The van der Waals surface area contributed by atoms with Gasteiger partial charge >= 0.3 is 17.1 Å². The molecule has 55 heavy (non-hydrogen) atoms. The van der Waals surface area contributed by atoms with Crippen LogP contribution >= 0.6 is 0 Å². The van der Waals surface area contributed by atoms with Crippen LogP contribution in [0.15, 0.2) is 12.7 Å². The number of rotatable bonds is 36. The molecule has 0 bridgehead atoms. The summed E-state index contributed by atoms with van der Waals surface area (Å²) in [5.41, 5.74) is 0. The van der Waals surface area contributed by atoms with E-state index in [1.54, 1.807) is 6.08 Å². The highest BCUT2D eigenvalue weighted by molar-refractivity contribution is 6.87. The normalized spacial score (nSPS) is 12.5. The van der Waals surface area contributed by atoms with Crippen molar-refractivity contribution in [2.75, 3.05) is 99.1 Å². The third-order valence-corrected chi connectivity index (χ3v) is 26.7. The van der Waals surface area contributed by atoms with E-state index < -0.39 is 51.8 Å². The summed E-state index contributed by atoms with van der Waals surface area (Å²) < 4.78 is 57.2. The molecule has 0 rings (SSSR count). The lowest BCUT2D eigenvalue weighted by Gasteiger charge is -2.38. The molecule has 0 aliphatic carbocycles. The number of ether oxygens (including phenoxy) is 6. The first-order valence-corrected chi connectivity index (χ1v) is 37.9. The SMILES string of the molecule is C=CCOCCOCCCO.C[SiH](C)O[Si](C)(C)O[SiH](C)C.C[Si](C)(CCCOCCOCCCO)O[Si](C)(C)O[Si](C)(C)CCCOCCOCCCO. The molecule has 0 spiro atoms. The highest BCUT2D eigenvalue weighted by Gasteiger charge is 2.39. The topological polar surface area (TPSA) is 153 Å². The summed E-state index contributed by atoms with van der Waals surface area (Å²) in [6.45, 7) is 37.9. The van der Waals surface area contributed by atoms with Gasteiger partial charge in [-0.25, -0.2) is 0 Å². The molecule has 0 aliphatic heterocycles. The Morgan fingerprint density at radius 2 is 0.727 bits per heavy atom. The summed E-state index contributed by atoms with van der Waals surface area (Å²) in [5, 5.41) is 25.8. The van der Waals surface area contributed by atoms with Crippen LogP contribution in [0.4, 0.5) is 0 Å². The Balaban J connectivity index is -0.000000993. The van der Waals surface area contributed by atoms with Crippen molar-refractivity contribution in [3.8, 4) is 0 Å². The van der Waals surface area contributed by atoms with E-state index in [2.05, 4.69) is 85.1 Å². The lowest BCUT2D eigenvalue weighted by molar-refractivity contribution is 0.0426. The zero-order chi connectivity index (χ0) is 42.5. The van der Waals surface area contributed by atoms with Gasteiger partial charge in [0.1, 0.15) is 0 Å². The maximum atomic E-state index is 8.72. The molecule has 13 nitrogen and oxygen atoms in total. The van der Waals surface area contributed by atoms with Gasteiger partial charge in [-0.3, -0.25) is 0 Å². The first kappa shape index (κ1) is 59.8. The quantitative estimate of drug-likeness (QED) is 0.0383. The minimum Gasteiger partial charge on any atom is -0.440 e. The van der Waals surface area contributed by atoms with E-state index in [9.17, 15) is 0 Å². The highest BCUT2D eigenvalue weighted by Crippen LogP contribution is 2.26. The van der Waals surface area contributed by atoms with E-state index in [4.69, 9.17) is 60.2 Å². The van der Waals surface area contributed by atoms with Gasteiger partial charge in [-0.2, -0.15) is 0 Å². The van der Waals surface area contributed by atoms with Crippen molar-refractivity contribution in [1.82, 2.24) is 0 Å². The minimum atomic E-state index is -2.20. The van der Waals surface area contributed by atoms with Gasteiger partial charge in [0.25, 0.3) is 0 Å². The van der Waals surface area contributed by atoms with Crippen LogP contribution in [0.3, 0.4) is 0 Å². The Labute approximate surface area is 345 Å². The van der Waals surface area contributed by atoms with Crippen molar-refractivity contribution in [3.05, 3.63) is 12.7 Å². The van der Waals surface area contributed by atoms with Crippen molar-refractivity contribution in [2.24, 2.45) is 0 Å². The van der Waals surface area contributed by atoms with E-state index in [-0.39, 0.29) is 19.8 Å². The summed E-state index contributed by atoms with van der Waals surface area (Å²) in [6.07, 6.45) is 5.72. The van der Waals surface area contributed by atoms with Gasteiger partial charge in [0, 0.05) is 52.9 Å². The van der Waals surface area contributed by atoms with Crippen LogP contribution in [-0.4, -0.2) is 166 Å². The van der Waals surface area contributed by atoms with E-state index in [0.717, 1.165) is 38.1 Å². The maximum Gasteiger partial charge on any atom is 0.311 e. The smallest absolute Gasteiger partial charge is 0.311 e. The summed E-state index contributed by atoms with van der Waals surface area (Å²) >= 11 is 0. The third-order valence-electron chi connectivity index (χ3n) is 6.91. The van der Waals surface area contributed by atoms with Gasteiger partial charge in [-0.15, -0.1) is 6.58 Å². The number of aliphatic hydroxyl groups is 3. The third kappa shape index (κ3) is 50.6. The first-order valence-electron chi connectivity index (χ1n) is 20.4. The van der Waals surface area contributed by atoms with Crippen molar-refractivity contribution in [1.29, 1.82) is 0 Å². The Bertz CT molecular complexity index is 779. The van der Waals surface area contributed by atoms with Crippen LogP contribution < -0.4 is 0 Å². The predicted molar refractivity (Wildman–Crippen MR) is 241 cm³/mol. The molecular formula is C36H88O13Si6. The van der Waals surface area contributed by atoms with Crippen LogP contribution in [0.1, 0.15) is 32.1 Å². The van der Waals surface area contributed by atoms with Crippen molar-refractivity contribution < 1.29 is 60.2 Å².